The Labute approximate surface area is 358 Å². The molecule has 0 aromatic carbocycles. The van der Waals surface area contributed by atoms with Crippen LogP contribution in [0.5, 0.6) is 0 Å². The minimum Gasteiger partial charge on any atom is -0.463 e. The number of aliphatic hydroxyl groups excluding tert-OH is 1. The number of hydrogen-bond donors (Lipinski definition) is 3. The highest BCUT2D eigenvalue weighted by Crippen LogP contribution is 2.42. The number of ether oxygens (including phenoxy) is 1. The third-order valence-corrected chi connectivity index (χ3v) is 9.68. The minimum absolute atomic E-state index is 0.0317. The standard InChI is InChI=1S/C49H80NO8P/c1-3-5-7-9-11-13-15-17-19-21-23-25-27-29-31-33-35-37-39-41-48(52)50-43-44-57-59(54,55)58-46-47(51)45-56-49(53)42-40-38-36-34-32-30-28-26-24-22-20-18-16-14-12-10-8-6-4-2/h5,7,11-14,17-20,23-26,29,31,35,37,47,51H,3-4,6,8-10,15-16,21-22,27-28,30,32-34,36,38-46H2,1-2H3,(H,50,52)(H,54,55)/b7-5-,13-11-,14-12-,19-17-,20-18-,25-23-,26-24-,31-29-,37-35-. The number of nitrogens with one attached hydrogen (secondary N) is 1. The lowest BCUT2D eigenvalue weighted by atomic mass is 10.1. The van der Waals surface area contributed by atoms with Crippen LogP contribution in [0.1, 0.15) is 155 Å². The van der Waals surface area contributed by atoms with Crippen molar-refractivity contribution in [1.82, 2.24) is 5.32 Å². The number of rotatable bonds is 40. The molecule has 9 nitrogen and oxygen atoms in total. The molecular formula is C49H80NO8P. The Bertz CT molecular complexity index is 1330. The normalized spacial score (nSPS) is 14.3. The van der Waals surface area contributed by atoms with Crippen molar-refractivity contribution < 1.29 is 37.9 Å². The second-order valence-electron chi connectivity index (χ2n) is 14.3. The molecule has 3 N–H and O–H groups in total. The van der Waals surface area contributed by atoms with E-state index in [1.807, 2.05) is 12.2 Å². The van der Waals surface area contributed by atoms with E-state index >= 15 is 0 Å². The molecule has 0 aromatic rings. The first-order valence-electron chi connectivity index (χ1n) is 22.4. The molecule has 0 aromatic heterocycles. The van der Waals surface area contributed by atoms with Crippen molar-refractivity contribution in [2.24, 2.45) is 0 Å². The highest BCUT2D eigenvalue weighted by atomic mass is 31.2. The first kappa shape index (κ1) is 55.7. The topological polar surface area (TPSA) is 131 Å². The summed E-state index contributed by atoms with van der Waals surface area (Å²) < 4.78 is 26.8. The smallest absolute Gasteiger partial charge is 0.463 e. The maximum Gasteiger partial charge on any atom is 0.472 e. The van der Waals surface area contributed by atoms with Gasteiger partial charge in [-0.1, -0.05) is 162 Å². The van der Waals surface area contributed by atoms with Crippen LogP contribution in [0, 0.1) is 0 Å². The Kier molecular flexibility index (Phi) is 41.7. The molecule has 0 bridgehead atoms. The van der Waals surface area contributed by atoms with Gasteiger partial charge < -0.3 is 20.1 Å². The van der Waals surface area contributed by atoms with Gasteiger partial charge in [-0.25, -0.2) is 4.57 Å². The van der Waals surface area contributed by atoms with E-state index in [9.17, 15) is 24.2 Å². The zero-order chi connectivity index (χ0) is 43.2. The van der Waals surface area contributed by atoms with Crippen LogP contribution in [0.15, 0.2) is 109 Å². The number of aliphatic hydroxyl groups is 1. The van der Waals surface area contributed by atoms with Gasteiger partial charge in [-0.2, -0.15) is 0 Å². The van der Waals surface area contributed by atoms with E-state index in [1.165, 1.54) is 32.1 Å². The van der Waals surface area contributed by atoms with Gasteiger partial charge in [-0.3, -0.25) is 18.6 Å². The van der Waals surface area contributed by atoms with Crippen molar-refractivity contribution >= 4 is 19.7 Å². The third kappa shape index (κ3) is 45.6. The van der Waals surface area contributed by atoms with Crippen LogP contribution in [0.4, 0.5) is 0 Å². The summed E-state index contributed by atoms with van der Waals surface area (Å²) in [6.07, 6.45) is 58.9. The third-order valence-electron chi connectivity index (χ3n) is 8.70. The Balaban J connectivity index is 3.75. The summed E-state index contributed by atoms with van der Waals surface area (Å²) in [5.41, 5.74) is 0. The molecule has 0 fully saturated rings. The van der Waals surface area contributed by atoms with Crippen LogP contribution < -0.4 is 5.32 Å². The number of carbonyl (C=O) groups excluding carboxylic acids is 2. The number of allylic oxidation sites excluding steroid dienone is 18. The van der Waals surface area contributed by atoms with Crippen LogP contribution in [-0.4, -0.2) is 54.3 Å². The molecule has 0 saturated carbocycles. The molecule has 0 aliphatic heterocycles. The Morgan fingerprint density at radius 2 is 0.983 bits per heavy atom. The lowest BCUT2D eigenvalue weighted by Gasteiger charge is -2.15. The lowest BCUT2D eigenvalue weighted by Crippen LogP contribution is -2.27. The van der Waals surface area contributed by atoms with Gasteiger partial charge >= 0.3 is 13.8 Å². The summed E-state index contributed by atoms with van der Waals surface area (Å²) in [4.78, 5) is 33.9. The zero-order valence-electron chi connectivity index (χ0n) is 36.6. The molecule has 0 aliphatic rings. The van der Waals surface area contributed by atoms with Crippen LogP contribution in [0.3, 0.4) is 0 Å². The van der Waals surface area contributed by atoms with Gasteiger partial charge in [0, 0.05) is 19.4 Å². The fraction of sp³-hybridized carbons (Fsp3) is 0.592. The number of hydrogen-bond acceptors (Lipinski definition) is 7. The number of carbonyl (C=O) groups is 2. The molecule has 0 heterocycles. The molecule has 0 radical (unpaired) electrons. The van der Waals surface area contributed by atoms with E-state index < -0.39 is 26.5 Å². The van der Waals surface area contributed by atoms with Crippen molar-refractivity contribution in [3.05, 3.63) is 109 Å². The minimum atomic E-state index is -4.45. The predicted octanol–water partition coefficient (Wildman–Crippen LogP) is 12.8. The monoisotopic (exact) mass is 842 g/mol. The lowest BCUT2D eigenvalue weighted by molar-refractivity contribution is -0.147. The van der Waals surface area contributed by atoms with Gasteiger partial charge in [-0.15, -0.1) is 0 Å². The molecule has 0 saturated heterocycles. The number of amides is 1. The molecule has 1 amide bonds. The summed E-state index contributed by atoms with van der Waals surface area (Å²) in [7, 11) is -4.45. The fourth-order valence-electron chi connectivity index (χ4n) is 5.35. The SMILES string of the molecule is CC/C=C\C/C=C\C/C=C\C/C=C\C/C=C\C/C=C\CCC(=O)NCCOP(=O)(O)OCC(O)COC(=O)CCCCCCCC/C=C\C/C=C\C/C=C\CCCCC. The van der Waals surface area contributed by atoms with E-state index in [2.05, 4.69) is 116 Å². The molecule has 334 valence electrons. The maximum atomic E-state index is 12.1. The molecular weight excluding hydrogens is 762 g/mol. The number of esters is 1. The Hall–Kier alpha value is -3.33. The molecule has 0 aliphatic carbocycles. The summed E-state index contributed by atoms with van der Waals surface area (Å²) in [5, 5.41) is 12.7. The Morgan fingerprint density at radius 1 is 0.542 bits per heavy atom. The van der Waals surface area contributed by atoms with E-state index in [1.54, 1.807) is 0 Å². The Morgan fingerprint density at radius 3 is 1.49 bits per heavy atom. The predicted molar refractivity (Wildman–Crippen MR) is 247 cm³/mol. The van der Waals surface area contributed by atoms with Crippen LogP contribution in [0.25, 0.3) is 0 Å². The number of unbranched alkanes of at least 4 members (excludes halogenated alkanes) is 9. The maximum absolute atomic E-state index is 12.1. The highest BCUT2D eigenvalue weighted by Gasteiger charge is 2.23. The van der Waals surface area contributed by atoms with Crippen molar-refractivity contribution in [3.63, 3.8) is 0 Å². The van der Waals surface area contributed by atoms with E-state index in [-0.39, 0.29) is 38.5 Å². The molecule has 0 spiro atoms. The molecule has 2 unspecified atom stereocenters. The summed E-state index contributed by atoms with van der Waals surface area (Å²) in [6.45, 7) is 3.28. The number of phosphoric acid groups is 1. The van der Waals surface area contributed by atoms with Crippen LogP contribution in [-0.2, 0) is 27.9 Å². The largest absolute Gasteiger partial charge is 0.472 e. The molecule has 10 heteroatoms. The highest BCUT2D eigenvalue weighted by molar-refractivity contribution is 7.47. The molecule has 0 rings (SSSR count). The van der Waals surface area contributed by atoms with E-state index in [0.29, 0.717) is 12.8 Å². The second-order valence-corrected chi connectivity index (χ2v) is 15.7. The summed E-state index contributed by atoms with van der Waals surface area (Å²) in [5.74, 6) is -0.625. The van der Waals surface area contributed by atoms with Gasteiger partial charge in [0.25, 0.3) is 0 Å². The molecule has 59 heavy (non-hydrogen) atoms. The van der Waals surface area contributed by atoms with Gasteiger partial charge in [0.2, 0.25) is 5.91 Å². The first-order chi connectivity index (χ1) is 28.8. The van der Waals surface area contributed by atoms with E-state index in [4.69, 9.17) is 13.8 Å². The van der Waals surface area contributed by atoms with Gasteiger partial charge in [0.05, 0.1) is 13.2 Å². The van der Waals surface area contributed by atoms with Gasteiger partial charge in [-0.05, 0) is 89.9 Å². The first-order valence-corrected chi connectivity index (χ1v) is 23.9. The quantitative estimate of drug-likeness (QED) is 0.0240. The van der Waals surface area contributed by atoms with Crippen LogP contribution >= 0.6 is 7.82 Å². The summed E-state index contributed by atoms with van der Waals surface area (Å²) >= 11 is 0. The number of phosphoric ester groups is 1. The van der Waals surface area contributed by atoms with E-state index in [0.717, 1.165) is 83.5 Å². The van der Waals surface area contributed by atoms with Gasteiger partial charge in [0.15, 0.2) is 0 Å². The van der Waals surface area contributed by atoms with Crippen molar-refractivity contribution in [2.75, 3.05) is 26.4 Å². The van der Waals surface area contributed by atoms with Crippen molar-refractivity contribution in [2.45, 2.75) is 161 Å². The summed E-state index contributed by atoms with van der Waals surface area (Å²) in [6, 6.07) is 0. The van der Waals surface area contributed by atoms with Gasteiger partial charge in [0.1, 0.15) is 12.7 Å². The zero-order valence-corrected chi connectivity index (χ0v) is 37.5. The molecule has 2 atom stereocenters. The fourth-order valence-corrected chi connectivity index (χ4v) is 6.11. The average Bonchev–Trinajstić information content (AvgIpc) is 3.22. The average molecular weight is 842 g/mol. The van der Waals surface area contributed by atoms with Crippen molar-refractivity contribution in [1.29, 1.82) is 0 Å². The second kappa shape index (κ2) is 44.2. The van der Waals surface area contributed by atoms with Crippen LogP contribution in [0.2, 0.25) is 0 Å². The van der Waals surface area contributed by atoms with Crippen molar-refractivity contribution in [3.8, 4) is 0 Å².